The minimum atomic E-state index is -0.769. The van der Waals surface area contributed by atoms with Crippen LogP contribution in [-0.2, 0) is 11.2 Å². The molecule has 0 spiro atoms. The van der Waals surface area contributed by atoms with Crippen LogP contribution in [0.5, 0.6) is 5.75 Å². The van der Waals surface area contributed by atoms with Gasteiger partial charge < -0.3 is 9.84 Å². The molecule has 0 amide bonds. The van der Waals surface area contributed by atoms with Gasteiger partial charge in [0.1, 0.15) is 5.75 Å². The summed E-state index contributed by atoms with van der Waals surface area (Å²) in [6, 6.07) is 5.49. The van der Waals surface area contributed by atoms with Crippen LogP contribution in [0.15, 0.2) is 18.2 Å². The lowest BCUT2D eigenvalue weighted by Gasteiger charge is -2.05. The molecule has 0 unspecified atom stereocenters. The fraction of sp³-hybridized carbons (Fsp3) is 0.364. The highest BCUT2D eigenvalue weighted by atomic mass is 35.5. The van der Waals surface area contributed by atoms with Gasteiger partial charge in [-0.15, -0.1) is 0 Å². The Balaban J connectivity index is 2.55. The van der Waals surface area contributed by atoms with Gasteiger partial charge in [0, 0.05) is 6.42 Å². The van der Waals surface area contributed by atoms with E-state index in [1.807, 2.05) is 12.1 Å². The molecular formula is C11H13ClO3. The summed E-state index contributed by atoms with van der Waals surface area (Å²) in [5, 5.41) is 9.04. The summed E-state index contributed by atoms with van der Waals surface area (Å²) in [5.41, 5.74) is 1.03. The first-order valence-corrected chi connectivity index (χ1v) is 5.05. The number of carbonyl (C=O) groups is 1. The van der Waals surface area contributed by atoms with Gasteiger partial charge >= 0.3 is 5.97 Å². The van der Waals surface area contributed by atoms with E-state index in [9.17, 15) is 4.79 Å². The molecule has 0 radical (unpaired) electrons. The highest BCUT2D eigenvalue weighted by molar-refractivity contribution is 6.32. The lowest BCUT2D eigenvalue weighted by molar-refractivity contribution is -0.137. The zero-order valence-corrected chi connectivity index (χ0v) is 9.25. The normalized spacial score (nSPS) is 10.0. The molecular weight excluding hydrogens is 216 g/mol. The van der Waals surface area contributed by atoms with Crippen LogP contribution in [0.3, 0.4) is 0 Å². The van der Waals surface area contributed by atoms with Gasteiger partial charge in [-0.05, 0) is 30.5 Å². The second-order valence-electron chi connectivity index (χ2n) is 3.22. The van der Waals surface area contributed by atoms with E-state index >= 15 is 0 Å². The lowest BCUT2D eigenvalue weighted by atomic mass is 10.1. The van der Waals surface area contributed by atoms with Crippen LogP contribution >= 0.6 is 11.6 Å². The number of halogens is 1. The molecule has 0 aliphatic rings. The number of hydrogen-bond acceptors (Lipinski definition) is 2. The summed E-state index contributed by atoms with van der Waals surface area (Å²) < 4.78 is 5.02. The average Bonchev–Trinajstić information content (AvgIpc) is 2.17. The van der Waals surface area contributed by atoms with Crippen molar-refractivity contribution in [3.8, 4) is 5.75 Å². The average molecular weight is 229 g/mol. The Bertz CT molecular complexity index is 350. The fourth-order valence-corrected chi connectivity index (χ4v) is 1.59. The van der Waals surface area contributed by atoms with E-state index in [0.29, 0.717) is 17.2 Å². The molecule has 1 rings (SSSR count). The summed E-state index contributed by atoms with van der Waals surface area (Å²) in [5.74, 6) is -0.131. The molecule has 1 N–H and O–H groups in total. The first-order chi connectivity index (χ1) is 7.13. The standard InChI is InChI=1S/C11H13ClO3/c1-15-10-6-5-8(7-9(10)12)3-2-4-11(13)14/h5-7H,2-4H2,1H3,(H,13,14). The minimum Gasteiger partial charge on any atom is -0.495 e. The molecule has 0 saturated carbocycles. The summed E-state index contributed by atoms with van der Waals surface area (Å²) >= 11 is 5.93. The maximum absolute atomic E-state index is 10.3. The van der Waals surface area contributed by atoms with Crippen LogP contribution < -0.4 is 4.74 Å². The van der Waals surface area contributed by atoms with Gasteiger partial charge in [-0.25, -0.2) is 0 Å². The number of aliphatic carboxylic acids is 1. The van der Waals surface area contributed by atoms with Crippen LogP contribution in [0.25, 0.3) is 0 Å². The predicted octanol–water partition coefficient (Wildman–Crippen LogP) is 2.76. The third-order valence-electron chi connectivity index (χ3n) is 2.07. The molecule has 15 heavy (non-hydrogen) atoms. The van der Waals surface area contributed by atoms with E-state index < -0.39 is 5.97 Å². The van der Waals surface area contributed by atoms with E-state index in [2.05, 4.69) is 0 Å². The van der Waals surface area contributed by atoms with Crippen molar-refractivity contribution < 1.29 is 14.6 Å². The molecule has 0 atom stereocenters. The molecule has 1 aromatic carbocycles. The van der Waals surface area contributed by atoms with Crippen molar-refractivity contribution in [3.63, 3.8) is 0 Å². The van der Waals surface area contributed by atoms with Crippen molar-refractivity contribution >= 4 is 17.6 Å². The Hall–Kier alpha value is -1.22. The van der Waals surface area contributed by atoms with Crippen molar-refractivity contribution in [1.29, 1.82) is 0 Å². The molecule has 0 aromatic heterocycles. The Kier molecular flexibility index (Phi) is 4.43. The zero-order chi connectivity index (χ0) is 11.3. The number of rotatable bonds is 5. The van der Waals surface area contributed by atoms with Gasteiger partial charge in [-0.3, -0.25) is 4.79 Å². The van der Waals surface area contributed by atoms with Crippen LogP contribution in [0.4, 0.5) is 0 Å². The van der Waals surface area contributed by atoms with Crippen LogP contribution in [0.2, 0.25) is 5.02 Å². The van der Waals surface area contributed by atoms with E-state index in [0.717, 1.165) is 12.0 Å². The number of aryl methyl sites for hydroxylation is 1. The van der Waals surface area contributed by atoms with Gasteiger partial charge in [0.05, 0.1) is 12.1 Å². The third kappa shape index (κ3) is 3.80. The number of ether oxygens (including phenoxy) is 1. The van der Waals surface area contributed by atoms with Crippen molar-refractivity contribution in [2.75, 3.05) is 7.11 Å². The molecule has 0 saturated heterocycles. The summed E-state index contributed by atoms with van der Waals surface area (Å²) in [4.78, 5) is 10.3. The number of benzene rings is 1. The van der Waals surface area contributed by atoms with E-state index in [1.165, 1.54) is 0 Å². The van der Waals surface area contributed by atoms with Gasteiger partial charge in [0.2, 0.25) is 0 Å². The minimum absolute atomic E-state index is 0.184. The fourth-order valence-electron chi connectivity index (χ4n) is 1.31. The SMILES string of the molecule is COc1ccc(CCCC(=O)O)cc1Cl. The van der Waals surface area contributed by atoms with Gasteiger partial charge in [-0.2, -0.15) is 0 Å². The number of carboxylic acids is 1. The van der Waals surface area contributed by atoms with E-state index in [-0.39, 0.29) is 6.42 Å². The van der Waals surface area contributed by atoms with Crippen LogP contribution in [0, 0.1) is 0 Å². The van der Waals surface area contributed by atoms with Crippen LogP contribution in [0.1, 0.15) is 18.4 Å². The van der Waals surface area contributed by atoms with Gasteiger partial charge in [0.15, 0.2) is 0 Å². The summed E-state index contributed by atoms with van der Waals surface area (Å²) in [6.07, 6.45) is 1.53. The monoisotopic (exact) mass is 228 g/mol. The molecule has 4 heteroatoms. The van der Waals surface area contributed by atoms with E-state index in [1.54, 1.807) is 13.2 Å². The van der Waals surface area contributed by atoms with Crippen molar-refractivity contribution in [2.45, 2.75) is 19.3 Å². The first-order valence-electron chi connectivity index (χ1n) is 4.67. The first kappa shape index (κ1) is 11.9. The largest absolute Gasteiger partial charge is 0.495 e. The zero-order valence-electron chi connectivity index (χ0n) is 8.50. The Morgan fingerprint density at radius 2 is 2.27 bits per heavy atom. The molecule has 0 bridgehead atoms. The van der Waals surface area contributed by atoms with Gasteiger partial charge in [0.25, 0.3) is 0 Å². The quantitative estimate of drug-likeness (QED) is 0.843. The maximum Gasteiger partial charge on any atom is 0.303 e. The van der Waals surface area contributed by atoms with E-state index in [4.69, 9.17) is 21.4 Å². The molecule has 0 heterocycles. The number of hydrogen-bond donors (Lipinski definition) is 1. The third-order valence-corrected chi connectivity index (χ3v) is 2.37. The highest BCUT2D eigenvalue weighted by Crippen LogP contribution is 2.25. The molecule has 0 aliphatic heterocycles. The molecule has 1 aromatic rings. The smallest absolute Gasteiger partial charge is 0.303 e. The molecule has 82 valence electrons. The second kappa shape index (κ2) is 5.61. The van der Waals surface area contributed by atoms with Crippen molar-refractivity contribution in [2.24, 2.45) is 0 Å². The van der Waals surface area contributed by atoms with Crippen LogP contribution in [-0.4, -0.2) is 18.2 Å². The Morgan fingerprint density at radius 3 is 2.80 bits per heavy atom. The predicted molar refractivity (Wildman–Crippen MR) is 58.6 cm³/mol. The molecule has 0 aliphatic carbocycles. The number of methoxy groups -OCH3 is 1. The Labute approximate surface area is 93.6 Å². The molecule has 0 fully saturated rings. The van der Waals surface area contributed by atoms with Gasteiger partial charge in [-0.1, -0.05) is 17.7 Å². The van der Waals surface area contributed by atoms with Crippen molar-refractivity contribution in [1.82, 2.24) is 0 Å². The second-order valence-corrected chi connectivity index (χ2v) is 3.62. The molecule has 3 nitrogen and oxygen atoms in total. The number of carboxylic acid groups (broad SMARTS) is 1. The van der Waals surface area contributed by atoms with Crippen molar-refractivity contribution in [3.05, 3.63) is 28.8 Å². The summed E-state index contributed by atoms with van der Waals surface area (Å²) in [6.45, 7) is 0. The Morgan fingerprint density at radius 1 is 1.53 bits per heavy atom. The summed E-state index contributed by atoms with van der Waals surface area (Å²) in [7, 11) is 1.56. The highest BCUT2D eigenvalue weighted by Gasteiger charge is 2.02. The lowest BCUT2D eigenvalue weighted by Crippen LogP contribution is -1.96. The maximum atomic E-state index is 10.3. The topological polar surface area (TPSA) is 46.5 Å².